The Morgan fingerprint density at radius 2 is 1.76 bits per heavy atom. The SMILES string of the molecule is Cc1nc(COc2ccc(C(=O)N3CCN(Cc4ccccc4)CC3)cc2)no1. The molecule has 4 rings (SSSR count). The molecule has 3 aromatic rings. The van der Waals surface area contributed by atoms with Gasteiger partial charge in [0.25, 0.3) is 5.91 Å². The molecular weight excluding hydrogens is 368 g/mol. The number of hydrogen-bond acceptors (Lipinski definition) is 6. The molecule has 150 valence electrons. The van der Waals surface area contributed by atoms with Gasteiger partial charge in [0, 0.05) is 45.2 Å². The number of amides is 1. The van der Waals surface area contributed by atoms with Gasteiger partial charge in [0.1, 0.15) is 5.75 Å². The van der Waals surface area contributed by atoms with Crippen LogP contribution in [-0.2, 0) is 13.2 Å². The lowest BCUT2D eigenvalue weighted by atomic mass is 10.1. The van der Waals surface area contributed by atoms with Crippen molar-refractivity contribution in [3.8, 4) is 5.75 Å². The van der Waals surface area contributed by atoms with Gasteiger partial charge in [-0.25, -0.2) is 0 Å². The maximum Gasteiger partial charge on any atom is 0.253 e. The van der Waals surface area contributed by atoms with E-state index < -0.39 is 0 Å². The van der Waals surface area contributed by atoms with Crippen molar-refractivity contribution in [2.24, 2.45) is 0 Å². The molecule has 7 nitrogen and oxygen atoms in total. The summed E-state index contributed by atoms with van der Waals surface area (Å²) in [6, 6.07) is 17.6. The minimum Gasteiger partial charge on any atom is -0.485 e. The number of benzene rings is 2. The summed E-state index contributed by atoms with van der Waals surface area (Å²) in [5, 5.41) is 3.79. The summed E-state index contributed by atoms with van der Waals surface area (Å²) in [7, 11) is 0. The zero-order chi connectivity index (χ0) is 20.1. The van der Waals surface area contributed by atoms with E-state index in [1.54, 1.807) is 31.2 Å². The highest BCUT2D eigenvalue weighted by molar-refractivity contribution is 5.94. The molecule has 2 aromatic carbocycles. The van der Waals surface area contributed by atoms with Gasteiger partial charge < -0.3 is 14.2 Å². The number of piperazine rings is 1. The van der Waals surface area contributed by atoms with Gasteiger partial charge in [-0.05, 0) is 29.8 Å². The van der Waals surface area contributed by atoms with Crippen molar-refractivity contribution >= 4 is 5.91 Å². The normalized spacial score (nSPS) is 14.7. The second kappa shape index (κ2) is 8.87. The highest BCUT2D eigenvalue weighted by atomic mass is 16.5. The molecule has 0 N–H and O–H groups in total. The van der Waals surface area contributed by atoms with Crippen LogP contribution in [0.5, 0.6) is 5.75 Å². The average Bonchev–Trinajstić information content (AvgIpc) is 3.19. The standard InChI is InChI=1S/C22H24N4O3/c1-17-23-21(24-29-17)16-28-20-9-7-19(8-10-20)22(27)26-13-11-25(12-14-26)15-18-5-3-2-4-6-18/h2-10H,11-16H2,1H3. The van der Waals surface area contributed by atoms with Crippen molar-refractivity contribution in [1.29, 1.82) is 0 Å². The zero-order valence-electron chi connectivity index (χ0n) is 16.5. The van der Waals surface area contributed by atoms with E-state index in [0.717, 1.165) is 32.7 Å². The Bertz CT molecular complexity index is 932. The Kier molecular flexibility index (Phi) is 5.86. The number of aryl methyl sites for hydroxylation is 1. The molecule has 0 unspecified atom stereocenters. The van der Waals surface area contributed by atoms with Gasteiger partial charge in [0.15, 0.2) is 6.61 Å². The molecule has 1 amide bonds. The summed E-state index contributed by atoms with van der Waals surface area (Å²) in [6.07, 6.45) is 0. The molecule has 0 bridgehead atoms. The molecule has 1 fully saturated rings. The van der Waals surface area contributed by atoms with E-state index >= 15 is 0 Å². The maximum atomic E-state index is 12.8. The summed E-state index contributed by atoms with van der Waals surface area (Å²) < 4.78 is 10.6. The fourth-order valence-electron chi connectivity index (χ4n) is 3.37. The molecule has 0 radical (unpaired) electrons. The van der Waals surface area contributed by atoms with E-state index in [9.17, 15) is 4.79 Å². The predicted molar refractivity (Wildman–Crippen MR) is 107 cm³/mol. The number of rotatable bonds is 6. The van der Waals surface area contributed by atoms with Gasteiger partial charge in [0.2, 0.25) is 11.7 Å². The Morgan fingerprint density at radius 3 is 2.41 bits per heavy atom. The minimum atomic E-state index is 0.0599. The third-order valence-electron chi connectivity index (χ3n) is 4.95. The third-order valence-corrected chi connectivity index (χ3v) is 4.95. The molecule has 1 saturated heterocycles. The first-order valence-corrected chi connectivity index (χ1v) is 9.75. The first kappa shape index (κ1) is 19.1. The molecule has 0 aliphatic carbocycles. The van der Waals surface area contributed by atoms with Gasteiger partial charge >= 0.3 is 0 Å². The first-order chi connectivity index (χ1) is 14.2. The lowest BCUT2D eigenvalue weighted by Gasteiger charge is -2.34. The van der Waals surface area contributed by atoms with Gasteiger partial charge in [-0.1, -0.05) is 35.5 Å². The Hall–Kier alpha value is -3.19. The van der Waals surface area contributed by atoms with Crippen LogP contribution < -0.4 is 4.74 Å². The highest BCUT2D eigenvalue weighted by Gasteiger charge is 2.22. The van der Waals surface area contributed by atoms with Crippen LogP contribution in [-0.4, -0.2) is 52.0 Å². The Balaban J connectivity index is 1.27. The molecule has 2 heterocycles. The molecule has 1 aliphatic rings. The number of hydrogen-bond donors (Lipinski definition) is 0. The fraction of sp³-hybridized carbons (Fsp3) is 0.318. The largest absolute Gasteiger partial charge is 0.485 e. The van der Waals surface area contributed by atoms with Gasteiger partial charge in [-0.15, -0.1) is 0 Å². The number of carbonyl (C=O) groups excluding carboxylic acids is 1. The Morgan fingerprint density at radius 1 is 1.03 bits per heavy atom. The molecule has 7 heteroatoms. The summed E-state index contributed by atoms with van der Waals surface area (Å²) in [5.41, 5.74) is 1.98. The predicted octanol–water partition coefficient (Wildman–Crippen LogP) is 2.92. The molecular formula is C22H24N4O3. The summed E-state index contributed by atoms with van der Waals surface area (Å²) in [6.45, 7) is 6.13. The lowest BCUT2D eigenvalue weighted by Crippen LogP contribution is -2.48. The fourth-order valence-corrected chi connectivity index (χ4v) is 3.37. The van der Waals surface area contributed by atoms with E-state index in [4.69, 9.17) is 9.26 Å². The third kappa shape index (κ3) is 5.00. The van der Waals surface area contributed by atoms with E-state index in [1.165, 1.54) is 5.56 Å². The van der Waals surface area contributed by atoms with Gasteiger partial charge in [0.05, 0.1) is 0 Å². The van der Waals surface area contributed by atoms with Crippen molar-refractivity contribution < 1.29 is 14.1 Å². The first-order valence-electron chi connectivity index (χ1n) is 9.75. The number of ether oxygens (including phenoxy) is 1. The number of carbonyl (C=O) groups is 1. The second-order valence-corrected chi connectivity index (χ2v) is 7.10. The van der Waals surface area contributed by atoms with E-state index in [-0.39, 0.29) is 12.5 Å². The maximum absolute atomic E-state index is 12.8. The van der Waals surface area contributed by atoms with Crippen LogP contribution in [0.25, 0.3) is 0 Å². The summed E-state index contributed by atoms with van der Waals surface area (Å²) in [4.78, 5) is 21.2. The molecule has 1 aromatic heterocycles. The van der Waals surface area contributed by atoms with E-state index in [1.807, 2.05) is 11.0 Å². The number of aromatic nitrogens is 2. The summed E-state index contributed by atoms with van der Waals surface area (Å²) >= 11 is 0. The van der Waals surface area contributed by atoms with E-state index in [2.05, 4.69) is 39.3 Å². The van der Waals surface area contributed by atoms with Crippen LogP contribution in [0.1, 0.15) is 27.6 Å². The zero-order valence-corrected chi connectivity index (χ0v) is 16.5. The van der Waals surface area contributed by atoms with E-state index in [0.29, 0.717) is 23.0 Å². The van der Waals surface area contributed by atoms with Crippen molar-refractivity contribution in [2.45, 2.75) is 20.1 Å². The highest BCUT2D eigenvalue weighted by Crippen LogP contribution is 2.16. The van der Waals surface area contributed by atoms with Crippen LogP contribution in [0.2, 0.25) is 0 Å². The number of nitrogens with zero attached hydrogens (tertiary/aromatic N) is 4. The van der Waals surface area contributed by atoms with Crippen LogP contribution in [0.4, 0.5) is 0 Å². The molecule has 1 aliphatic heterocycles. The van der Waals surface area contributed by atoms with Crippen molar-refractivity contribution in [3.05, 3.63) is 77.4 Å². The lowest BCUT2D eigenvalue weighted by molar-refractivity contribution is 0.0628. The smallest absolute Gasteiger partial charge is 0.253 e. The van der Waals surface area contributed by atoms with Crippen LogP contribution >= 0.6 is 0 Å². The monoisotopic (exact) mass is 392 g/mol. The summed E-state index contributed by atoms with van der Waals surface area (Å²) in [5.74, 6) is 1.73. The van der Waals surface area contributed by atoms with Gasteiger partial charge in [-0.3, -0.25) is 9.69 Å². The minimum absolute atomic E-state index is 0.0599. The van der Waals surface area contributed by atoms with Crippen LogP contribution in [0, 0.1) is 6.92 Å². The molecule has 0 spiro atoms. The average molecular weight is 392 g/mol. The van der Waals surface area contributed by atoms with Crippen molar-refractivity contribution in [2.75, 3.05) is 26.2 Å². The van der Waals surface area contributed by atoms with Gasteiger partial charge in [-0.2, -0.15) is 4.98 Å². The van der Waals surface area contributed by atoms with Crippen LogP contribution in [0.15, 0.2) is 59.1 Å². The Labute approximate surface area is 169 Å². The second-order valence-electron chi connectivity index (χ2n) is 7.10. The topological polar surface area (TPSA) is 71.7 Å². The van der Waals surface area contributed by atoms with Crippen molar-refractivity contribution in [1.82, 2.24) is 19.9 Å². The molecule has 0 atom stereocenters. The van der Waals surface area contributed by atoms with Crippen LogP contribution in [0.3, 0.4) is 0 Å². The molecule has 29 heavy (non-hydrogen) atoms. The quantitative estimate of drug-likeness (QED) is 0.642. The van der Waals surface area contributed by atoms with Crippen molar-refractivity contribution in [3.63, 3.8) is 0 Å². The molecule has 0 saturated carbocycles.